The third-order valence-electron chi connectivity index (χ3n) is 8.47. The lowest BCUT2D eigenvalue weighted by atomic mass is 9.70. The molecule has 0 saturated carbocycles. The number of aliphatic hydroxyl groups excluding tert-OH is 1. The average Bonchev–Trinajstić information content (AvgIpc) is 3.55. The Morgan fingerprint density at radius 3 is 2.66 bits per heavy atom. The number of esters is 1. The van der Waals surface area contributed by atoms with Gasteiger partial charge in [0.25, 0.3) is 5.91 Å². The Balaban J connectivity index is 1.62. The van der Waals surface area contributed by atoms with Gasteiger partial charge in [0, 0.05) is 12.2 Å². The summed E-state index contributed by atoms with van der Waals surface area (Å²) in [7, 11) is 0. The van der Waals surface area contributed by atoms with E-state index < -0.39 is 41.6 Å². The van der Waals surface area contributed by atoms with Crippen LogP contribution in [0.4, 0.5) is 5.69 Å². The van der Waals surface area contributed by atoms with Crippen molar-refractivity contribution in [3.05, 3.63) is 55.1 Å². The second-order valence-corrected chi connectivity index (χ2v) is 10.8. The number of nitrogens with zero attached hydrogens (tertiary/aromatic N) is 2. The Labute approximate surface area is 223 Å². The van der Waals surface area contributed by atoms with Crippen LogP contribution in [-0.2, 0) is 23.9 Å². The van der Waals surface area contributed by atoms with Crippen LogP contribution < -0.4 is 4.90 Å². The molecule has 2 amide bonds. The van der Waals surface area contributed by atoms with Crippen LogP contribution in [0.5, 0.6) is 0 Å². The van der Waals surface area contributed by atoms with Crippen LogP contribution in [0, 0.1) is 17.8 Å². The van der Waals surface area contributed by atoms with Gasteiger partial charge in [-0.05, 0) is 48.6 Å². The number of ether oxygens (including phenoxy) is 2. The Kier molecular flexibility index (Phi) is 7.05. The standard InChI is InChI=1S/C30H36N2O6/c1-5-15-31(21-12-11-19-9-7-8-10-20(19)16-21)28(35)26-30-14-13-23(38-30)24(29(36)37-6-2)25(30)27(34)32(26)22(17-33)18(3)4/h5,7-12,16,18,22-26,33H,1,6,13-15,17H2,2-4H3/t22-,23-,24+,25-,26?,30?/m0/s1. The second kappa shape index (κ2) is 10.2. The highest BCUT2D eigenvalue weighted by molar-refractivity contribution is 6.05. The number of fused-ring (bicyclic) bond motifs is 2. The topological polar surface area (TPSA) is 96.4 Å². The van der Waals surface area contributed by atoms with Gasteiger partial charge in [-0.15, -0.1) is 6.58 Å². The zero-order chi connectivity index (χ0) is 27.2. The maximum absolute atomic E-state index is 14.6. The van der Waals surface area contributed by atoms with Gasteiger partial charge in [-0.2, -0.15) is 0 Å². The highest BCUT2D eigenvalue weighted by atomic mass is 16.6. The summed E-state index contributed by atoms with van der Waals surface area (Å²) in [5.74, 6) is -2.82. The van der Waals surface area contributed by atoms with E-state index in [2.05, 4.69) is 6.58 Å². The van der Waals surface area contributed by atoms with Crippen molar-refractivity contribution in [2.45, 2.75) is 57.4 Å². The van der Waals surface area contributed by atoms with Crippen molar-refractivity contribution in [3.63, 3.8) is 0 Å². The number of carbonyl (C=O) groups excluding carboxylic acids is 3. The van der Waals surface area contributed by atoms with Crippen LogP contribution in [0.15, 0.2) is 55.1 Å². The van der Waals surface area contributed by atoms with Crippen molar-refractivity contribution in [2.24, 2.45) is 17.8 Å². The number of benzene rings is 2. The molecular weight excluding hydrogens is 484 g/mol. The minimum atomic E-state index is -1.16. The molecule has 0 radical (unpaired) electrons. The number of amides is 2. The molecule has 1 N–H and O–H groups in total. The van der Waals surface area contributed by atoms with E-state index in [1.807, 2.05) is 56.3 Å². The highest BCUT2D eigenvalue weighted by Crippen LogP contribution is 2.59. The Hall–Kier alpha value is -3.23. The first-order valence-electron chi connectivity index (χ1n) is 13.5. The van der Waals surface area contributed by atoms with Crippen molar-refractivity contribution >= 4 is 34.2 Å². The van der Waals surface area contributed by atoms with E-state index in [0.717, 1.165) is 10.8 Å². The summed E-state index contributed by atoms with van der Waals surface area (Å²) in [6.07, 6.45) is 2.23. The van der Waals surface area contributed by atoms with E-state index in [4.69, 9.17) is 9.47 Å². The number of hydrogen-bond acceptors (Lipinski definition) is 6. The van der Waals surface area contributed by atoms with Gasteiger partial charge in [0.1, 0.15) is 11.6 Å². The second-order valence-electron chi connectivity index (χ2n) is 10.8. The van der Waals surface area contributed by atoms with E-state index in [1.54, 1.807) is 17.9 Å². The molecule has 2 aromatic rings. The summed E-state index contributed by atoms with van der Waals surface area (Å²) in [6, 6.07) is 12.1. The predicted octanol–water partition coefficient (Wildman–Crippen LogP) is 3.31. The van der Waals surface area contributed by atoms with Gasteiger partial charge in [-0.25, -0.2) is 0 Å². The molecule has 3 saturated heterocycles. The maximum Gasteiger partial charge on any atom is 0.312 e. The summed E-state index contributed by atoms with van der Waals surface area (Å²) in [5.41, 5.74) is -0.477. The lowest BCUT2D eigenvalue weighted by Gasteiger charge is -2.40. The van der Waals surface area contributed by atoms with Crippen molar-refractivity contribution in [1.29, 1.82) is 0 Å². The molecular formula is C30H36N2O6. The fourth-order valence-corrected chi connectivity index (χ4v) is 6.80. The molecule has 3 aliphatic rings. The molecule has 38 heavy (non-hydrogen) atoms. The third kappa shape index (κ3) is 3.93. The van der Waals surface area contributed by atoms with Gasteiger partial charge in [-0.3, -0.25) is 14.4 Å². The van der Waals surface area contributed by atoms with Crippen LogP contribution in [0.2, 0.25) is 0 Å². The largest absolute Gasteiger partial charge is 0.466 e. The minimum Gasteiger partial charge on any atom is -0.466 e. The number of hydrogen-bond donors (Lipinski definition) is 1. The van der Waals surface area contributed by atoms with Crippen molar-refractivity contribution in [1.82, 2.24) is 4.90 Å². The fraction of sp³-hybridized carbons (Fsp3) is 0.500. The molecule has 3 fully saturated rings. The number of likely N-dealkylation sites (tertiary alicyclic amines) is 1. The van der Waals surface area contributed by atoms with Crippen LogP contribution in [-0.4, -0.2) is 71.3 Å². The van der Waals surface area contributed by atoms with Gasteiger partial charge in [0.05, 0.1) is 37.2 Å². The van der Waals surface area contributed by atoms with Gasteiger partial charge >= 0.3 is 5.97 Å². The number of rotatable bonds is 9. The van der Waals surface area contributed by atoms with Crippen molar-refractivity contribution in [2.75, 3.05) is 24.7 Å². The minimum absolute atomic E-state index is 0.124. The lowest BCUT2D eigenvalue weighted by Crippen LogP contribution is -2.59. The molecule has 0 aromatic heterocycles. The molecule has 2 unspecified atom stereocenters. The molecule has 3 aliphatic heterocycles. The van der Waals surface area contributed by atoms with E-state index in [0.29, 0.717) is 18.5 Å². The summed E-state index contributed by atoms with van der Waals surface area (Å²) in [4.78, 5) is 44.9. The molecule has 3 heterocycles. The maximum atomic E-state index is 14.6. The van der Waals surface area contributed by atoms with E-state index in [-0.39, 0.29) is 37.5 Å². The Bertz CT molecular complexity index is 1260. The molecule has 0 aliphatic carbocycles. The summed E-state index contributed by atoms with van der Waals surface area (Å²) < 4.78 is 11.8. The van der Waals surface area contributed by atoms with E-state index in [1.165, 1.54) is 4.90 Å². The zero-order valence-corrected chi connectivity index (χ0v) is 22.2. The smallest absolute Gasteiger partial charge is 0.312 e. The fourth-order valence-electron chi connectivity index (χ4n) is 6.80. The van der Waals surface area contributed by atoms with E-state index in [9.17, 15) is 19.5 Å². The van der Waals surface area contributed by atoms with Gasteiger partial charge < -0.3 is 24.4 Å². The van der Waals surface area contributed by atoms with Crippen LogP contribution >= 0.6 is 0 Å². The van der Waals surface area contributed by atoms with E-state index >= 15 is 0 Å². The quantitative estimate of drug-likeness (QED) is 0.403. The predicted molar refractivity (Wildman–Crippen MR) is 143 cm³/mol. The number of anilines is 1. The Morgan fingerprint density at radius 1 is 1.26 bits per heavy atom. The first-order valence-corrected chi connectivity index (χ1v) is 13.5. The highest BCUT2D eigenvalue weighted by Gasteiger charge is 2.75. The molecule has 8 heteroatoms. The normalized spacial score (nSPS) is 28.6. The molecule has 2 bridgehead atoms. The first kappa shape index (κ1) is 26.4. The van der Waals surface area contributed by atoms with Crippen molar-refractivity contribution in [3.8, 4) is 0 Å². The summed E-state index contributed by atoms with van der Waals surface area (Å²) in [6.45, 7) is 9.54. The summed E-state index contributed by atoms with van der Waals surface area (Å²) >= 11 is 0. The number of aliphatic hydroxyl groups is 1. The molecule has 6 atom stereocenters. The SMILES string of the molecule is C=CCN(C(=O)C1N([C@@H](CO)C(C)C)C(=O)[C@@H]2[C@H](C(=O)OCC)[C@@H]3CCC12O3)c1ccc2ccccc2c1. The van der Waals surface area contributed by atoms with Gasteiger partial charge in [-0.1, -0.05) is 50.3 Å². The molecule has 1 spiro atoms. The first-order chi connectivity index (χ1) is 18.3. The molecule has 202 valence electrons. The van der Waals surface area contributed by atoms with Gasteiger partial charge in [0.2, 0.25) is 5.91 Å². The monoisotopic (exact) mass is 520 g/mol. The zero-order valence-electron chi connectivity index (χ0n) is 22.2. The Morgan fingerprint density at radius 2 is 2.00 bits per heavy atom. The van der Waals surface area contributed by atoms with Crippen LogP contribution in [0.1, 0.15) is 33.6 Å². The third-order valence-corrected chi connectivity index (χ3v) is 8.47. The average molecular weight is 521 g/mol. The van der Waals surface area contributed by atoms with Gasteiger partial charge in [0.15, 0.2) is 0 Å². The molecule has 2 aromatic carbocycles. The lowest BCUT2D eigenvalue weighted by molar-refractivity contribution is -0.155. The molecule has 8 nitrogen and oxygen atoms in total. The number of carbonyl (C=O) groups is 3. The molecule has 5 rings (SSSR count). The summed E-state index contributed by atoms with van der Waals surface area (Å²) in [5, 5.41) is 12.4. The van der Waals surface area contributed by atoms with Crippen molar-refractivity contribution < 1.29 is 29.0 Å². The van der Waals surface area contributed by atoms with Crippen LogP contribution in [0.25, 0.3) is 10.8 Å². The van der Waals surface area contributed by atoms with Crippen LogP contribution in [0.3, 0.4) is 0 Å².